The van der Waals surface area contributed by atoms with Crippen molar-refractivity contribution in [2.45, 2.75) is 24.6 Å². The van der Waals surface area contributed by atoms with E-state index in [1.54, 1.807) is 11.8 Å². The van der Waals surface area contributed by atoms with Crippen molar-refractivity contribution in [3.8, 4) is 0 Å². The lowest BCUT2D eigenvalue weighted by Gasteiger charge is -2.23. The number of rotatable bonds is 5. The van der Waals surface area contributed by atoms with Crippen molar-refractivity contribution in [2.24, 2.45) is 0 Å². The summed E-state index contributed by atoms with van der Waals surface area (Å²) >= 11 is 7.68. The number of amides is 1. The maximum Gasteiger partial charge on any atom is 0.230 e. The van der Waals surface area contributed by atoms with Crippen LogP contribution in [0.3, 0.4) is 0 Å². The fourth-order valence-corrected chi connectivity index (χ4v) is 3.23. The molecule has 1 aliphatic rings. The maximum absolute atomic E-state index is 11.8. The highest BCUT2D eigenvalue weighted by Gasteiger charge is 2.15. The number of nitrogens with one attached hydrogen (secondary N) is 2. The molecule has 19 heavy (non-hydrogen) atoms. The molecule has 1 aromatic rings. The number of piperidine rings is 1. The largest absolute Gasteiger partial charge is 0.353 e. The Morgan fingerprint density at radius 2 is 2.11 bits per heavy atom. The zero-order chi connectivity index (χ0) is 13.5. The first-order chi connectivity index (χ1) is 9.25. The number of benzene rings is 1. The van der Waals surface area contributed by atoms with Crippen LogP contribution in [-0.4, -0.2) is 30.8 Å². The highest BCUT2D eigenvalue weighted by molar-refractivity contribution is 7.99. The van der Waals surface area contributed by atoms with Gasteiger partial charge in [0.15, 0.2) is 0 Å². The smallest absolute Gasteiger partial charge is 0.230 e. The van der Waals surface area contributed by atoms with Gasteiger partial charge in [-0.05, 0) is 37.6 Å². The van der Waals surface area contributed by atoms with E-state index < -0.39 is 0 Å². The summed E-state index contributed by atoms with van der Waals surface area (Å²) in [6.07, 6.45) is 2.06. The van der Waals surface area contributed by atoms with Crippen molar-refractivity contribution in [3.05, 3.63) is 34.9 Å². The van der Waals surface area contributed by atoms with E-state index in [-0.39, 0.29) is 5.91 Å². The van der Waals surface area contributed by atoms with E-state index >= 15 is 0 Å². The number of thioether (sulfide) groups is 1. The van der Waals surface area contributed by atoms with Crippen LogP contribution in [0.25, 0.3) is 0 Å². The average molecular weight is 299 g/mol. The van der Waals surface area contributed by atoms with Crippen LogP contribution in [-0.2, 0) is 10.5 Å². The first-order valence-corrected chi connectivity index (χ1v) is 8.10. The molecule has 0 aliphatic carbocycles. The van der Waals surface area contributed by atoms with Crippen LogP contribution in [0.15, 0.2) is 24.3 Å². The Morgan fingerprint density at radius 3 is 2.84 bits per heavy atom. The van der Waals surface area contributed by atoms with E-state index in [0.717, 1.165) is 42.3 Å². The Hall–Kier alpha value is -0.710. The van der Waals surface area contributed by atoms with Gasteiger partial charge in [0.25, 0.3) is 0 Å². The molecule has 1 fully saturated rings. The minimum absolute atomic E-state index is 0.129. The minimum atomic E-state index is 0.129. The second-order valence-electron chi connectivity index (χ2n) is 4.68. The number of carbonyl (C=O) groups excluding carboxylic acids is 1. The molecule has 1 heterocycles. The first kappa shape index (κ1) is 14.7. The molecular weight excluding hydrogens is 280 g/mol. The van der Waals surface area contributed by atoms with E-state index in [4.69, 9.17) is 11.6 Å². The third-order valence-corrected chi connectivity index (χ3v) is 4.50. The van der Waals surface area contributed by atoms with Crippen molar-refractivity contribution in [3.63, 3.8) is 0 Å². The van der Waals surface area contributed by atoms with Crippen LogP contribution in [0.1, 0.15) is 18.4 Å². The van der Waals surface area contributed by atoms with Crippen LogP contribution in [0.2, 0.25) is 5.02 Å². The molecule has 0 bridgehead atoms. The van der Waals surface area contributed by atoms with Gasteiger partial charge in [0.1, 0.15) is 0 Å². The van der Waals surface area contributed by atoms with Gasteiger partial charge in [0.05, 0.1) is 5.75 Å². The fraction of sp³-hybridized carbons (Fsp3) is 0.500. The molecule has 5 heteroatoms. The number of carbonyl (C=O) groups is 1. The Bertz CT molecular complexity index is 422. The van der Waals surface area contributed by atoms with Crippen molar-refractivity contribution < 1.29 is 4.79 Å². The van der Waals surface area contributed by atoms with Gasteiger partial charge < -0.3 is 10.6 Å². The molecule has 1 amide bonds. The van der Waals surface area contributed by atoms with Crippen LogP contribution < -0.4 is 10.6 Å². The van der Waals surface area contributed by atoms with Gasteiger partial charge in [0, 0.05) is 16.8 Å². The molecule has 0 spiro atoms. The quantitative estimate of drug-likeness (QED) is 0.877. The van der Waals surface area contributed by atoms with Gasteiger partial charge in [-0.1, -0.05) is 29.8 Å². The van der Waals surface area contributed by atoms with E-state index in [2.05, 4.69) is 10.6 Å². The topological polar surface area (TPSA) is 41.1 Å². The molecule has 1 aromatic carbocycles. The summed E-state index contributed by atoms with van der Waals surface area (Å²) in [5.41, 5.74) is 1.09. The molecule has 2 rings (SSSR count). The molecule has 104 valence electrons. The van der Waals surface area contributed by atoms with Crippen molar-refractivity contribution in [2.75, 3.05) is 18.8 Å². The van der Waals surface area contributed by atoms with Crippen molar-refractivity contribution in [1.29, 1.82) is 0 Å². The fourth-order valence-electron chi connectivity index (χ4n) is 2.10. The summed E-state index contributed by atoms with van der Waals surface area (Å²) < 4.78 is 0. The molecule has 1 saturated heterocycles. The Kier molecular flexibility index (Phi) is 6.01. The number of hydrogen-bond donors (Lipinski definition) is 2. The lowest BCUT2D eigenvalue weighted by Crippen LogP contribution is -2.43. The standard InChI is InChI=1S/C14H19ClN2OS/c15-13-4-2-1-3-11(13)9-19-10-14(18)17-12-5-7-16-8-6-12/h1-4,12,16H,5-10H2,(H,17,18). The monoisotopic (exact) mass is 298 g/mol. The van der Waals surface area contributed by atoms with E-state index in [9.17, 15) is 4.79 Å². The third kappa shape index (κ3) is 5.05. The Labute approximate surface area is 123 Å². The van der Waals surface area contributed by atoms with E-state index in [0.29, 0.717) is 11.8 Å². The van der Waals surface area contributed by atoms with Crippen LogP contribution in [0.5, 0.6) is 0 Å². The third-order valence-electron chi connectivity index (χ3n) is 3.15. The van der Waals surface area contributed by atoms with Gasteiger partial charge in [0.2, 0.25) is 5.91 Å². The summed E-state index contributed by atoms with van der Waals surface area (Å²) in [6, 6.07) is 8.11. The summed E-state index contributed by atoms with van der Waals surface area (Å²) in [4.78, 5) is 11.8. The second-order valence-corrected chi connectivity index (χ2v) is 6.07. The highest BCUT2D eigenvalue weighted by atomic mass is 35.5. The van der Waals surface area contributed by atoms with Crippen molar-refractivity contribution >= 4 is 29.3 Å². The zero-order valence-corrected chi connectivity index (χ0v) is 12.4. The first-order valence-electron chi connectivity index (χ1n) is 6.57. The summed E-state index contributed by atoms with van der Waals surface area (Å²) in [7, 11) is 0. The summed E-state index contributed by atoms with van der Waals surface area (Å²) in [6.45, 7) is 2.00. The van der Waals surface area contributed by atoms with Crippen LogP contribution in [0, 0.1) is 0 Å². The molecule has 0 atom stereocenters. The minimum Gasteiger partial charge on any atom is -0.353 e. The average Bonchev–Trinajstić information content (AvgIpc) is 2.42. The van der Waals surface area contributed by atoms with Gasteiger partial charge in [-0.3, -0.25) is 4.79 Å². The maximum atomic E-state index is 11.8. The lowest BCUT2D eigenvalue weighted by molar-refractivity contribution is -0.119. The molecular formula is C14H19ClN2OS. The molecule has 0 aromatic heterocycles. The van der Waals surface area contributed by atoms with Gasteiger partial charge in [-0.2, -0.15) is 0 Å². The summed E-state index contributed by atoms with van der Waals surface area (Å²) in [5.74, 6) is 1.40. The Morgan fingerprint density at radius 1 is 1.37 bits per heavy atom. The predicted molar refractivity (Wildman–Crippen MR) is 81.6 cm³/mol. The van der Waals surface area contributed by atoms with Gasteiger partial charge in [-0.25, -0.2) is 0 Å². The highest BCUT2D eigenvalue weighted by Crippen LogP contribution is 2.20. The molecule has 2 N–H and O–H groups in total. The molecule has 3 nitrogen and oxygen atoms in total. The lowest BCUT2D eigenvalue weighted by atomic mass is 10.1. The zero-order valence-electron chi connectivity index (χ0n) is 10.8. The SMILES string of the molecule is O=C(CSCc1ccccc1Cl)NC1CCNCC1. The molecule has 0 radical (unpaired) electrons. The molecule has 0 saturated carbocycles. The van der Waals surface area contributed by atoms with E-state index in [1.165, 1.54) is 0 Å². The number of hydrogen-bond acceptors (Lipinski definition) is 3. The molecule has 0 unspecified atom stereocenters. The van der Waals surface area contributed by atoms with E-state index in [1.807, 2.05) is 24.3 Å². The van der Waals surface area contributed by atoms with Crippen LogP contribution in [0.4, 0.5) is 0 Å². The van der Waals surface area contributed by atoms with Gasteiger partial charge >= 0.3 is 0 Å². The predicted octanol–water partition coefficient (Wildman–Crippen LogP) is 2.44. The second kappa shape index (κ2) is 7.78. The Balaban J connectivity index is 1.67. The van der Waals surface area contributed by atoms with Gasteiger partial charge in [-0.15, -0.1) is 11.8 Å². The number of halogens is 1. The summed E-state index contributed by atoms with van der Waals surface area (Å²) in [5, 5.41) is 7.15. The van der Waals surface area contributed by atoms with Crippen LogP contribution >= 0.6 is 23.4 Å². The normalized spacial score (nSPS) is 16.3. The van der Waals surface area contributed by atoms with Crippen molar-refractivity contribution in [1.82, 2.24) is 10.6 Å². The molecule has 1 aliphatic heterocycles.